The summed E-state index contributed by atoms with van der Waals surface area (Å²) in [5, 5.41) is 12.6. The van der Waals surface area contributed by atoms with E-state index in [1.807, 2.05) is 18.4 Å². The van der Waals surface area contributed by atoms with Crippen molar-refractivity contribution in [3.05, 3.63) is 21.1 Å². The molecule has 0 aliphatic carbocycles. The minimum atomic E-state index is 0.336. The van der Waals surface area contributed by atoms with E-state index in [0.717, 1.165) is 19.4 Å². The highest BCUT2D eigenvalue weighted by Crippen LogP contribution is 2.38. The lowest BCUT2D eigenvalue weighted by molar-refractivity contribution is 0.345. The summed E-state index contributed by atoms with van der Waals surface area (Å²) in [6.45, 7) is 2.64. The first kappa shape index (κ1) is 10.0. The first-order valence-corrected chi connectivity index (χ1v) is 6.21. The van der Waals surface area contributed by atoms with E-state index in [2.05, 4.69) is 22.6 Å². The number of hydrogen-bond acceptors (Lipinski definition) is 3. The molecule has 0 radical (unpaired) electrons. The standard InChI is InChI=1S/C10H9IO2S/c1-2-13-8-5-14-10-6(8)3-4-7(12)9(10)11/h3-5,12H,2H2,1H3. The first-order valence-electron chi connectivity index (χ1n) is 4.25. The molecule has 2 aromatic rings. The normalized spacial score (nSPS) is 10.7. The van der Waals surface area contributed by atoms with Gasteiger partial charge in [-0.05, 0) is 41.6 Å². The van der Waals surface area contributed by atoms with Crippen molar-refractivity contribution >= 4 is 44.0 Å². The Labute approximate surface area is 99.7 Å². The molecule has 0 saturated carbocycles. The Kier molecular flexibility index (Phi) is 2.83. The van der Waals surface area contributed by atoms with Gasteiger partial charge in [-0.2, -0.15) is 0 Å². The lowest BCUT2D eigenvalue weighted by atomic mass is 10.2. The van der Waals surface area contributed by atoms with Crippen LogP contribution in [0.4, 0.5) is 0 Å². The van der Waals surface area contributed by atoms with Gasteiger partial charge in [0.25, 0.3) is 0 Å². The van der Waals surface area contributed by atoms with Crippen LogP contribution in [0.5, 0.6) is 11.5 Å². The van der Waals surface area contributed by atoms with Gasteiger partial charge in [-0.25, -0.2) is 0 Å². The van der Waals surface area contributed by atoms with Gasteiger partial charge in [0.05, 0.1) is 14.9 Å². The van der Waals surface area contributed by atoms with E-state index in [9.17, 15) is 5.11 Å². The molecule has 0 amide bonds. The van der Waals surface area contributed by atoms with Crippen molar-refractivity contribution in [2.75, 3.05) is 6.61 Å². The van der Waals surface area contributed by atoms with Gasteiger partial charge in [0.2, 0.25) is 0 Å². The van der Waals surface area contributed by atoms with Crippen molar-refractivity contribution in [1.29, 1.82) is 0 Å². The number of halogens is 1. The number of fused-ring (bicyclic) bond motifs is 1. The fourth-order valence-corrected chi connectivity index (χ4v) is 3.07. The van der Waals surface area contributed by atoms with Crippen molar-refractivity contribution in [3.63, 3.8) is 0 Å². The van der Waals surface area contributed by atoms with Crippen LogP contribution in [0.3, 0.4) is 0 Å². The maximum absolute atomic E-state index is 9.51. The maximum Gasteiger partial charge on any atom is 0.137 e. The molecular formula is C10H9IO2S. The summed E-state index contributed by atoms with van der Waals surface area (Å²) in [4.78, 5) is 0. The first-order chi connectivity index (χ1) is 6.74. The highest BCUT2D eigenvalue weighted by molar-refractivity contribution is 14.1. The monoisotopic (exact) mass is 320 g/mol. The van der Waals surface area contributed by atoms with Gasteiger partial charge >= 0.3 is 0 Å². The Hall–Kier alpha value is -0.490. The molecule has 0 fully saturated rings. The molecule has 2 nitrogen and oxygen atoms in total. The quantitative estimate of drug-likeness (QED) is 0.857. The second-order valence-corrected chi connectivity index (χ2v) is 4.77. The fraction of sp³-hybridized carbons (Fsp3) is 0.200. The smallest absolute Gasteiger partial charge is 0.137 e. The van der Waals surface area contributed by atoms with Crippen LogP contribution in [-0.4, -0.2) is 11.7 Å². The molecule has 0 saturated heterocycles. The molecule has 1 N–H and O–H groups in total. The third-order valence-corrected chi connectivity index (χ3v) is 4.38. The zero-order chi connectivity index (χ0) is 10.1. The summed E-state index contributed by atoms with van der Waals surface area (Å²) in [7, 11) is 0. The Balaban J connectivity index is 2.64. The summed E-state index contributed by atoms with van der Waals surface area (Å²) in [6.07, 6.45) is 0. The van der Waals surface area contributed by atoms with E-state index >= 15 is 0 Å². The van der Waals surface area contributed by atoms with Crippen LogP contribution in [0, 0.1) is 3.57 Å². The second-order valence-electron chi connectivity index (χ2n) is 2.81. The molecule has 0 aliphatic heterocycles. The van der Waals surface area contributed by atoms with Gasteiger partial charge in [0.1, 0.15) is 11.5 Å². The number of thiophene rings is 1. The summed E-state index contributed by atoms with van der Waals surface area (Å²) in [6, 6.07) is 3.60. The SMILES string of the molecule is CCOc1csc2c(I)c(O)ccc12. The summed E-state index contributed by atoms with van der Waals surface area (Å²) < 4.78 is 7.47. The number of aromatic hydroxyl groups is 1. The maximum atomic E-state index is 9.51. The van der Waals surface area contributed by atoms with Crippen LogP contribution in [0.15, 0.2) is 17.5 Å². The average molecular weight is 320 g/mol. The van der Waals surface area contributed by atoms with E-state index in [4.69, 9.17) is 4.74 Å². The molecule has 0 aliphatic rings. The van der Waals surface area contributed by atoms with Crippen molar-refractivity contribution in [2.45, 2.75) is 6.92 Å². The predicted octanol–water partition coefficient (Wildman–Crippen LogP) is 3.61. The molecule has 1 aromatic heterocycles. The summed E-state index contributed by atoms with van der Waals surface area (Å²) in [5.41, 5.74) is 0. The van der Waals surface area contributed by atoms with Crippen LogP contribution in [-0.2, 0) is 0 Å². The third-order valence-electron chi connectivity index (χ3n) is 1.93. The highest BCUT2D eigenvalue weighted by atomic mass is 127. The fourth-order valence-electron chi connectivity index (χ4n) is 1.30. The molecule has 0 bridgehead atoms. The van der Waals surface area contributed by atoms with E-state index in [1.165, 1.54) is 0 Å². The lowest BCUT2D eigenvalue weighted by Gasteiger charge is -2.01. The van der Waals surface area contributed by atoms with E-state index in [-0.39, 0.29) is 0 Å². The van der Waals surface area contributed by atoms with Gasteiger partial charge in [0.15, 0.2) is 0 Å². The van der Waals surface area contributed by atoms with E-state index in [0.29, 0.717) is 12.4 Å². The third kappa shape index (κ3) is 1.56. The molecule has 14 heavy (non-hydrogen) atoms. The van der Waals surface area contributed by atoms with Crippen molar-refractivity contribution in [3.8, 4) is 11.5 Å². The zero-order valence-electron chi connectivity index (χ0n) is 7.58. The number of phenols is 1. The zero-order valence-corrected chi connectivity index (χ0v) is 10.6. The van der Waals surface area contributed by atoms with Crippen LogP contribution >= 0.6 is 33.9 Å². The Morgan fingerprint density at radius 3 is 3.00 bits per heavy atom. The molecule has 0 unspecified atom stereocenters. The van der Waals surface area contributed by atoms with Crippen molar-refractivity contribution in [2.24, 2.45) is 0 Å². The van der Waals surface area contributed by atoms with Gasteiger partial charge in [-0.1, -0.05) is 0 Å². The van der Waals surface area contributed by atoms with E-state index < -0.39 is 0 Å². The molecule has 0 atom stereocenters. The molecule has 1 aromatic carbocycles. The largest absolute Gasteiger partial charge is 0.507 e. The van der Waals surface area contributed by atoms with Crippen molar-refractivity contribution < 1.29 is 9.84 Å². The topological polar surface area (TPSA) is 29.5 Å². The van der Waals surface area contributed by atoms with Crippen LogP contribution in [0.2, 0.25) is 0 Å². The van der Waals surface area contributed by atoms with Gasteiger partial charge in [-0.3, -0.25) is 0 Å². The molecular weight excluding hydrogens is 311 g/mol. The van der Waals surface area contributed by atoms with Gasteiger partial charge in [0, 0.05) is 10.8 Å². The number of benzene rings is 1. The van der Waals surface area contributed by atoms with Crippen molar-refractivity contribution in [1.82, 2.24) is 0 Å². The summed E-state index contributed by atoms with van der Waals surface area (Å²) >= 11 is 3.75. The number of rotatable bonds is 2. The van der Waals surface area contributed by atoms with Gasteiger partial charge < -0.3 is 9.84 Å². The number of ether oxygens (including phenoxy) is 1. The Morgan fingerprint density at radius 2 is 2.29 bits per heavy atom. The molecule has 74 valence electrons. The van der Waals surface area contributed by atoms with Crippen LogP contribution < -0.4 is 4.74 Å². The molecule has 4 heteroatoms. The minimum absolute atomic E-state index is 0.336. The number of phenolic OH excluding ortho intramolecular Hbond substituents is 1. The number of hydrogen-bond donors (Lipinski definition) is 1. The van der Waals surface area contributed by atoms with E-state index in [1.54, 1.807) is 17.4 Å². The van der Waals surface area contributed by atoms with Gasteiger partial charge in [-0.15, -0.1) is 11.3 Å². The predicted molar refractivity (Wildman–Crippen MR) is 67.4 cm³/mol. The van der Waals surface area contributed by atoms with Crippen LogP contribution in [0.1, 0.15) is 6.92 Å². The molecule has 1 heterocycles. The molecule has 0 spiro atoms. The Bertz CT molecular complexity index is 464. The second kappa shape index (κ2) is 3.94. The molecule has 2 rings (SSSR count). The lowest BCUT2D eigenvalue weighted by Crippen LogP contribution is -1.89. The average Bonchev–Trinajstić information content (AvgIpc) is 2.57. The summed E-state index contributed by atoms with van der Waals surface area (Å²) in [5.74, 6) is 1.24. The highest BCUT2D eigenvalue weighted by Gasteiger charge is 2.10. The Morgan fingerprint density at radius 1 is 1.50 bits per heavy atom. The minimum Gasteiger partial charge on any atom is -0.507 e. The van der Waals surface area contributed by atoms with Crippen LogP contribution in [0.25, 0.3) is 10.1 Å².